The number of carbonyl (C=O) groups is 1. The first-order valence-corrected chi connectivity index (χ1v) is 6.57. The molecule has 3 rings (SSSR count). The zero-order valence-electron chi connectivity index (χ0n) is 11.8. The molecule has 1 N–H and O–H groups in total. The predicted molar refractivity (Wildman–Crippen MR) is 81.9 cm³/mol. The normalized spacial score (nSPS) is 10.8. The number of aryl methyl sites for hydroxylation is 1. The second kappa shape index (κ2) is 4.98. The summed E-state index contributed by atoms with van der Waals surface area (Å²) >= 11 is 0. The minimum Gasteiger partial charge on any atom is -0.497 e. The smallest absolute Gasteiger partial charge is 0.335 e. The van der Waals surface area contributed by atoms with Crippen molar-refractivity contribution in [2.75, 3.05) is 7.11 Å². The van der Waals surface area contributed by atoms with Crippen LogP contribution in [0.3, 0.4) is 0 Å². The van der Waals surface area contributed by atoms with Crippen molar-refractivity contribution in [1.29, 1.82) is 0 Å². The average molecular weight is 281 g/mol. The van der Waals surface area contributed by atoms with E-state index < -0.39 is 5.97 Å². The summed E-state index contributed by atoms with van der Waals surface area (Å²) < 4.78 is 7.31. The highest BCUT2D eigenvalue weighted by atomic mass is 16.5. The van der Waals surface area contributed by atoms with Gasteiger partial charge in [0.15, 0.2) is 0 Å². The molecular weight excluding hydrogens is 266 g/mol. The van der Waals surface area contributed by atoms with Crippen LogP contribution in [-0.2, 0) is 7.05 Å². The second-order valence-electron chi connectivity index (χ2n) is 4.90. The Morgan fingerprint density at radius 3 is 2.67 bits per heavy atom. The molecule has 0 saturated carbocycles. The summed E-state index contributed by atoms with van der Waals surface area (Å²) in [6.07, 6.45) is 0. The Kier molecular flexibility index (Phi) is 3.14. The molecule has 0 atom stereocenters. The molecule has 0 spiro atoms. The highest BCUT2D eigenvalue weighted by Gasteiger charge is 2.11. The van der Waals surface area contributed by atoms with Gasteiger partial charge in [0.1, 0.15) is 5.75 Å². The fraction of sp³-hybridized carbons (Fsp3) is 0.118. The number of carboxylic acid groups (broad SMARTS) is 1. The van der Waals surface area contributed by atoms with Crippen LogP contribution in [0.5, 0.6) is 5.75 Å². The van der Waals surface area contributed by atoms with Crippen LogP contribution in [0.1, 0.15) is 10.4 Å². The number of aromatic carboxylic acids is 1. The Labute approximate surface area is 122 Å². The molecule has 3 aromatic rings. The summed E-state index contributed by atoms with van der Waals surface area (Å²) in [5, 5.41) is 9.99. The predicted octanol–water partition coefficient (Wildman–Crippen LogP) is 3.55. The van der Waals surface area contributed by atoms with E-state index in [0.717, 1.165) is 27.9 Å². The molecule has 0 amide bonds. The van der Waals surface area contributed by atoms with E-state index in [0.29, 0.717) is 5.56 Å². The standard InChI is InChI=1S/C17H15NO3/c1-18-15-7-6-12(17(19)20)8-13(15)10-16(18)11-4-3-5-14(9-11)21-2/h3-10H,1-2H3,(H,19,20). The average Bonchev–Trinajstić information content (AvgIpc) is 2.84. The number of aromatic nitrogens is 1. The molecule has 4 nitrogen and oxygen atoms in total. The minimum atomic E-state index is -0.913. The quantitative estimate of drug-likeness (QED) is 0.798. The molecule has 0 bridgehead atoms. The lowest BCUT2D eigenvalue weighted by Gasteiger charge is -2.06. The monoisotopic (exact) mass is 281 g/mol. The number of methoxy groups -OCH3 is 1. The largest absolute Gasteiger partial charge is 0.497 e. The molecule has 4 heteroatoms. The van der Waals surface area contributed by atoms with Gasteiger partial charge in [-0.2, -0.15) is 0 Å². The van der Waals surface area contributed by atoms with Crippen molar-refractivity contribution in [2.24, 2.45) is 7.05 Å². The molecule has 1 aromatic heterocycles. The van der Waals surface area contributed by atoms with Gasteiger partial charge in [-0.15, -0.1) is 0 Å². The molecule has 0 aliphatic rings. The third-order valence-corrected chi connectivity index (χ3v) is 3.65. The Morgan fingerprint density at radius 2 is 1.95 bits per heavy atom. The van der Waals surface area contributed by atoms with Crippen molar-refractivity contribution in [3.8, 4) is 17.0 Å². The maximum Gasteiger partial charge on any atom is 0.335 e. The van der Waals surface area contributed by atoms with Crippen LogP contribution in [-0.4, -0.2) is 22.8 Å². The Bertz CT molecular complexity index is 833. The van der Waals surface area contributed by atoms with Gasteiger partial charge in [-0.1, -0.05) is 12.1 Å². The molecule has 0 aliphatic heterocycles. The maximum absolute atomic E-state index is 11.1. The lowest BCUT2D eigenvalue weighted by atomic mass is 10.1. The summed E-state index contributed by atoms with van der Waals surface area (Å²) in [6.45, 7) is 0. The highest BCUT2D eigenvalue weighted by molar-refractivity contribution is 5.95. The molecule has 0 saturated heterocycles. The van der Waals surface area contributed by atoms with E-state index in [2.05, 4.69) is 4.57 Å². The van der Waals surface area contributed by atoms with E-state index in [-0.39, 0.29) is 0 Å². The molecule has 21 heavy (non-hydrogen) atoms. The van der Waals surface area contributed by atoms with E-state index in [4.69, 9.17) is 9.84 Å². The zero-order chi connectivity index (χ0) is 15.0. The first-order valence-electron chi connectivity index (χ1n) is 6.57. The van der Waals surface area contributed by atoms with Gasteiger partial charge in [-0.05, 0) is 36.4 Å². The first-order chi connectivity index (χ1) is 10.1. The molecule has 106 valence electrons. The van der Waals surface area contributed by atoms with Crippen LogP contribution in [0.25, 0.3) is 22.2 Å². The molecule has 1 heterocycles. The number of ether oxygens (including phenoxy) is 1. The third-order valence-electron chi connectivity index (χ3n) is 3.65. The lowest BCUT2D eigenvalue weighted by molar-refractivity contribution is 0.0697. The second-order valence-corrected chi connectivity index (χ2v) is 4.90. The fourth-order valence-electron chi connectivity index (χ4n) is 2.54. The summed E-state index contributed by atoms with van der Waals surface area (Å²) in [7, 11) is 3.61. The Hall–Kier alpha value is -2.75. The highest BCUT2D eigenvalue weighted by Crippen LogP contribution is 2.29. The van der Waals surface area contributed by atoms with Gasteiger partial charge in [-0.3, -0.25) is 0 Å². The topological polar surface area (TPSA) is 51.5 Å². The van der Waals surface area contributed by atoms with Crippen molar-refractivity contribution < 1.29 is 14.6 Å². The van der Waals surface area contributed by atoms with Gasteiger partial charge in [0.05, 0.1) is 12.7 Å². The van der Waals surface area contributed by atoms with E-state index >= 15 is 0 Å². The van der Waals surface area contributed by atoms with Crippen molar-refractivity contribution in [1.82, 2.24) is 4.57 Å². The maximum atomic E-state index is 11.1. The number of rotatable bonds is 3. The Balaban J connectivity index is 2.18. The number of carboxylic acids is 1. The van der Waals surface area contributed by atoms with E-state index in [9.17, 15) is 4.79 Å². The molecule has 0 aliphatic carbocycles. The number of fused-ring (bicyclic) bond motifs is 1. The SMILES string of the molecule is COc1cccc(-c2cc3cc(C(=O)O)ccc3n2C)c1. The number of nitrogens with zero attached hydrogens (tertiary/aromatic N) is 1. The summed E-state index contributed by atoms with van der Waals surface area (Å²) in [5.74, 6) is -0.118. The van der Waals surface area contributed by atoms with E-state index in [1.165, 1.54) is 0 Å². The fourth-order valence-corrected chi connectivity index (χ4v) is 2.54. The summed E-state index contributed by atoms with van der Waals surface area (Å²) in [5.41, 5.74) is 3.35. The zero-order valence-corrected chi connectivity index (χ0v) is 11.8. The van der Waals surface area contributed by atoms with Crippen LogP contribution in [0.2, 0.25) is 0 Å². The Morgan fingerprint density at radius 1 is 1.14 bits per heavy atom. The van der Waals surface area contributed by atoms with Crippen LogP contribution >= 0.6 is 0 Å². The number of benzene rings is 2. The van der Waals surface area contributed by atoms with Gasteiger partial charge < -0.3 is 14.4 Å². The minimum absolute atomic E-state index is 0.297. The summed E-state index contributed by atoms with van der Waals surface area (Å²) in [4.78, 5) is 11.1. The van der Waals surface area contributed by atoms with Gasteiger partial charge in [0.2, 0.25) is 0 Å². The van der Waals surface area contributed by atoms with Gasteiger partial charge in [0.25, 0.3) is 0 Å². The molecule has 0 fully saturated rings. The number of hydrogen-bond acceptors (Lipinski definition) is 2. The molecular formula is C17H15NO3. The van der Waals surface area contributed by atoms with Crippen molar-refractivity contribution in [3.05, 3.63) is 54.1 Å². The van der Waals surface area contributed by atoms with Crippen LogP contribution in [0.4, 0.5) is 0 Å². The molecule has 2 aromatic carbocycles. The van der Waals surface area contributed by atoms with Crippen LogP contribution in [0.15, 0.2) is 48.5 Å². The van der Waals surface area contributed by atoms with Crippen LogP contribution in [0, 0.1) is 0 Å². The van der Waals surface area contributed by atoms with Gasteiger partial charge in [0, 0.05) is 29.2 Å². The van der Waals surface area contributed by atoms with Crippen molar-refractivity contribution >= 4 is 16.9 Å². The van der Waals surface area contributed by atoms with E-state index in [1.807, 2.05) is 43.4 Å². The van der Waals surface area contributed by atoms with Gasteiger partial charge in [-0.25, -0.2) is 4.79 Å². The van der Waals surface area contributed by atoms with Crippen molar-refractivity contribution in [2.45, 2.75) is 0 Å². The summed E-state index contributed by atoms with van der Waals surface area (Å²) in [6, 6.07) is 15.0. The van der Waals surface area contributed by atoms with Gasteiger partial charge >= 0.3 is 5.97 Å². The van der Waals surface area contributed by atoms with Crippen molar-refractivity contribution in [3.63, 3.8) is 0 Å². The van der Waals surface area contributed by atoms with Crippen LogP contribution < -0.4 is 4.74 Å². The molecule has 0 unspecified atom stereocenters. The first kappa shape index (κ1) is 13.2. The molecule has 0 radical (unpaired) electrons. The lowest BCUT2D eigenvalue weighted by Crippen LogP contribution is -1.96. The number of hydrogen-bond donors (Lipinski definition) is 1. The van der Waals surface area contributed by atoms with E-state index in [1.54, 1.807) is 19.2 Å². The third kappa shape index (κ3) is 2.25.